The molecule has 3 aromatic heterocycles. The predicted octanol–water partition coefficient (Wildman–Crippen LogP) is 2.90. The fraction of sp³-hybridized carbons (Fsp3) is 0.375. The van der Waals surface area contributed by atoms with Crippen LogP contribution in [-0.4, -0.2) is 44.4 Å². The van der Waals surface area contributed by atoms with Crippen molar-refractivity contribution in [2.45, 2.75) is 17.4 Å². The predicted molar refractivity (Wildman–Crippen MR) is 103 cm³/mol. The molecule has 0 amide bonds. The summed E-state index contributed by atoms with van der Waals surface area (Å²) >= 11 is 3.08. The molecule has 0 aliphatic carbocycles. The molecule has 1 unspecified atom stereocenters. The van der Waals surface area contributed by atoms with Gasteiger partial charge >= 0.3 is 0 Å². The van der Waals surface area contributed by atoms with Crippen molar-refractivity contribution in [1.29, 1.82) is 0 Å². The number of ketones is 1. The lowest BCUT2D eigenvalue weighted by atomic mass is 10.1. The van der Waals surface area contributed by atoms with Gasteiger partial charge in [-0.2, -0.15) is 5.10 Å². The lowest BCUT2D eigenvalue weighted by Gasteiger charge is -2.03. The zero-order chi connectivity index (χ0) is 16.5. The van der Waals surface area contributed by atoms with Crippen LogP contribution in [0, 0.1) is 0 Å². The minimum atomic E-state index is 0. The van der Waals surface area contributed by atoms with Crippen LogP contribution in [0.15, 0.2) is 29.7 Å². The van der Waals surface area contributed by atoms with E-state index in [9.17, 15) is 4.79 Å². The molecule has 3 aromatic rings. The van der Waals surface area contributed by atoms with Gasteiger partial charge in [-0.3, -0.25) is 9.48 Å². The number of aryl methyl sites for hydroxylation is 1. The number of thiophene rings is 1. The van der Waals surface area contributed by atoms with E-state index >= 15 is 0 Å². The van der Waals surface area contributed by atoms with Crippen molar-refractivity contribution in [3.05, 3.63) is 34.4 Å². The number of fused-ring (bicyclic) bond motifs is 1. The second kappa shape index (κ2) is 7.82. The summed E-state index contributed by atoms with van der Waals surface area (Å²) in [6.45, 7) is 2.08. The van der Waals surface area contributed by atoms with Gasteiger partial charge in [0.15, 0.2) is 11.4 Å². The van der Waals surface area contributed by atoms with Gasteiger partial charge in [0.2, 0.25) is 0 Å². The smallest absolute Gasteiger partial charge is 0.183 e. The van der Waals surface area contributed by atoms with Gasteiger partial charge in [-0.05, 0) is 25.1 Å². The number of carbonyl (C=O) groups excluding carboxylic acids is 1. The van der Waals surface area contributed by atoms with Crippen LogP contribution in [0.4, 0.5) is 0 Å². The molecule has 25 heavy (non-hydrogen) atoms. The van der Waals surface area contributed by atoms with Gasteiger partial charge in [0.05, 0.1) is 22.2 Å². The lowest BCUT2D eigenvalue weighted by Crippen LogP contribution is -2.07. The van der Waals surface area contributed by atoms with Crippen LogP contribution in [0.2, 0.25) is 0 Å². The molecule has 1 fully saturated rings. The number of hydrogen-bond acceptors (Lipinski definition) is 7. The second-order valence-electron chi connectivity index (χ2n) is 5.79. The Morgan fingerprint density at radius 3 is 3.12 bits per heavy atom. The van der Waals surface area contributed by atoms with Crippen LogP contribution in [0.3, 0.4) is 0 Å². The van der Waals surface area contributed by atoms with Gasteiger partial charge in [-0.1, -0.05) is 11.8 Å². The third-order valence-electron chi connectivity index (χ3n) is 4.20. The number of Topliss-reactive ketones (excluding diaryl/α,β-unsaturated/α-hetero) is 1. The molecule has 0 radical (unpaired) electrons. The number of aromatic nitrogens is 4. The van der Waals surface area contributed by atoms with E-state index in [2.05, 4.69) is 26.4 Å². The van der Waals surface area contributed by atoms with Crippen LogP contribution in [0.5, 0.6) is 0 Å². The minimum Gasteiger partial charge on any atom is -0.316 e. The summed E-state index contributed by atoms with van der Waals surface area (Å²) < 4.78 is 1.71. The van der Waals surface area contributed by atoms with Crippen molar-refractivity contribution in [2.24, 2.45) is 7.05 Å². The zero-order valence-electron chi connectivity index (χ0n) is 13.6. The Hall–Kier alpha value is -1.48. The summed E-state index contributed by atoms with van der Waals surface area (Å²) in [5.41, 5.74) is 0.784. The van der Waals surface area contributed by atoms with Crippen molar-refractivity contribution in [3.63, 3.8) is 0 Å². The Labute approximate surface area is 159 Å². The van der Waals surface area contributed by atoms with Gasteiger partial charge in [0.25, 0.3) is 0 Å². The van der Waals surface area contributed by atoms with Gasteiger partial charge in [0, 0.05) is 24.4 Å². The zero-order valence-corrected chi connectivity index (χ0v) is 16.1. The number of thioether (sulfide) groups is 1. The normalized spacial score (nSPS) is 16.9. The highest BCUT2D eigenvalue weighted by Gasteiger charge is 2.20. The van der Waals surface area contributed by atoms with Crippen molar-refractivity contribution in [2.75, 3.05) is 18.8 Å². The average Bonchev–Trinajstić information content (AvgIpc) is 3.33. The number of carbonyl (C=O) groups is 1. The van der Waals surface area contributed by atoms with E-state index in [1.165, 1.54) is 23.0 Å². The number of nitrogens with zero attached hydrogens (tertiary/aromatic N) is 4. The van der Waals surface area contributed by atoms with Crippen LogP contribution >= 0.6 is 35.5 Å². The minimum absolute atomic E-state index is 0. The number of nitrogens with one attached hydrogen (secondary N) is 1. The standard InChI is InChI=1S/C16H17N5OS2.ClH/c1-21-15-11(7-20-21)16(19-9-18-15)23-8-12(22)14-3-2-13(24-14)10-4-5-17-6-10;/h2-3,7,9-10,17H,4-6,8H2,1H3;1H. The monoisotopic (exact) mass is 395 g/mol. The Kier molecular flexibility index (Phi) is 5.73. The first-order valence-electron chi connectivity index (χ1n) is 7.81. The quantitative estimate of drug-likeness (QED) is 0.407. The van der Waals surface area contributed by atoms with E-state index < -0.39 is 0 Å². The van der Waals surface area contributed by atoms with E-state index in [0.717, 1.165) is 40.4 Å². The maximum atomic E-state index is 12.5. The van der Waals surface area contributed by atoms with Crippen LogP contribution in [0.1, 0.15) is 26.9 Å². The largest absolute Gasteiger partial charge is 0.316 e. The van der Waals surface area contributed by atoms with Crippen LogP contribution in [-0.2, 0) is 7.05 Å². The third kappa shape index (κ3) is 3.72. The Bertz CT molecular complexity index is 888. The Balaban J connectivity index is 0.00000182. The first-order valence-corrected chi connectivity index (χ1v) is 9.62. The molecule has 9 heteroatoms. The van der Waals surface area contributed by atoms with Crippen molar-refractivity contribution in [1.82, 2.24) is 25.1 Å². The molecular formula is C16H18ClN5OS2. The van der Waals surface area contributed by atoms with Gasteiger partial charge in [-0.15, -0.1) is 23.7 Å². The molecule has 1 saturated heterocycles. The number of hydrogen-bond donors (Lipinski definition) is 1. The number of halogens is 1. The van der Waals surface area contributed by atoms with E-state index in [-0.39, 0.29) is 18.2 Å². The SMILES string of the molecule is Cl.Cn1ncc2c(SCC(=O)c3ccc(C4CCNC4)s3)ncnc21. The molecule has 1 aliphatic heterocycles. The molecule has 132 valence electrons. The van der Waals surface area contributed by atoms with E-state index in [0.29, 0.717) is 11.7 Å². The van der Waals surface area contributed by atoms with Crippen LogP contribution in [0.25, 0.3) is 11.0 Å². The fourth-order valence-electron chi connectivity index (χ4n) is 2.88. The maximum absolute atomic E-state index is 12.5. The fourth-order valence-corrected chi connectivity index (χ4v) is 4.90. The topological polar surface area (TPSA) is 72.7 Å². The van der Waals surface area contributed by atoms with E-state index in [1.54, 1.807) is 22.2 Å². The van der Waals surface area contributed by atoms with Crippen molar-refractivity contribution < 1.29 is 4.79 Å². The van der Waals surface area contributed by atoms with Gasteiger partial charge in [0.1, 0.15) is 11.4 Å². The highest BCUT2D eigenvalue weighted by Crippen LogP contribution is 2.31. The maximum Gasteiger partial charge on any atom is 0.183 e. The summed E-state index contributed by atoms with van der Waals surface area (Å²) in [6, 6.07) is 4.06. The number of rotatable bonds is 5. The Morgan fingerprint density at radius 1 is 1.44 bits per heavy atom. The molecule has 0 aromatic carbocycles. The van der Waals surface area contributed by atoms with E-state index in [1.807, 2.05) is 13.1 Å². The first kappa shape index (κ1) is 18.3. The summed E-state index contributed by atoms with van der Waals surface area (Å²) in [4.78, 5) is 23.2. The van der Waals surface area contributed by atoms with Crippen LogP contribution < -0.4 is 5.32 Å². The summed E-state index contributed by atoms with van der Waals surface area (Å²) in [5.74, 6) is 1.09. The third-order valence-corrected chi connectivity index (χ3v) is 6.49. The van der Waals surface area contributed by atoms with Gasteiger partial charge in [-0.25, -0.2) is 9.97 Å². The Morgan fingerprint density at radius 2 is 2.32 bits per heavy atom. The molecule has 1 atom stereocenters. The summed E-state index contributed by atoms with van der Waals surface area (Å²) in [5, 5.41) is 9.27. The van der Waals surface area contributed by atoms with Crippen molar-refractivity contribution in [3.8, 4) is 0 Å². The lowest BCUT2D eigenvalue weighted by molar-refractivity contribution is 0.102. The molecule has 4 rings (SSSR count). The molecule has 0 spiro atoms. The molecule has 6 nitrogen and oxygen atoms in total. The molecule has 1 aliphatic rings. The second-order valence-corrected chi connectivity index (χ2v) is 7.87. The van der Waals surface area contributed by atoms with Crippen molar-refractivity contribution >= 4 is 52.3 Å². The molecule has 4 heterocycles. The highest BCUT2D eigenvalue weighted by molar-refractivity contribution is 8.00. The first-order chi connectivity index (χ1) is 11.7. The molecule has 0 saturated carbocycles. The summed E-state index contributed by atoms with van der Waals surface area (Å²) in [6.07, 6.45) is 4.43. The molecule has 0 bridgehead atoms. The average molecular weight is 396 g/mol. The van der Waals surface area contributed by atoms with Gasteiger partial charge < -0.3 is 5.32 Å². The highest BCUT2D eigenvalue weighted by atomic mass is 35.5. The van der Waals surface area contributed by atoms with E-state index in [4.69, 9.17) is 0 Å². The molecular weight excluding hydrogens is 378 g/mol. The summed E-state index contributed by atoms with van der Waals surface area (Å²) in [7, 11) is 1.85. The molecule has 1 N–H and O–H groups in total.